The third-order valence-corrected chi connectivity index (χ3v) is 3.98. The van der Waals surface area contributed by atoms with Gasteiger partial charge < -0.3 is 9.64 Å². The quantitative estimate of drug-likeness (QED) is 0.842. The average molecular weight is 287 g/mol. The van der Waals surface area contributed by atoms with Gasteiger partial charge in [-0.15, -0.1) is 0 Å². The number of hydrogen-bond donors (Lipinski definition) is 0. The Bertz CT molecular complexity index is 546. The molecule has 2 rings (SSSR count). The van der Waals surface area contributed by atoms with E-state index in [0.29, 0.717) is 18.7 Å². The molecule has 0 aromatic heterocycles. The van der Waals surface area contributed by atoms with E-state index in [1.807, 2.05) is 20.9 Å². The summed E-state index contributed by atoms with van der Waals surface area (Å²) in [5.41, 5.74) is 0.134. The minimum absolute atomic E-state index is 0.145. The van der Waals surface area contributed by atoms with Gasteiger partial charge >= 0.3 is 0 Å². The van der Waals surface area contributed by atoms with Gasteiger partial charge in [-0.25, -0.2) is 0 Å². The fourth-order valence-electron chi connectivity index (χ4n) is 2.54. The Morgan fingerprint density at radius 3 is 2.57 bits per heavy atom. The van der Waals surface area contributed by atoms with E-state index in [1.54, 1.807) is 29.2 Å². The van der Waals surface area contributed by atoms with E-state index >= 15 is 0 Å². The van der Waals surface area contributed by atoms with Gasteiger partial charge in [0.2, 0.25) is 5.91 Å². The minimum Gasteiger partial charge on any atom is -0.492 e. The third-order valence-electron chi connectivity index (χ3n) is 3.98. The molecule has 0 spiro atoms. The number of nitriles is 1. The predicted molar refractivity (Wildman–Crippen MR) is 79.9 cm³/mol. The zero-order valence-corrected chi connectivity index (χ0v) is 12.8. The fraction of sp³-hybridized carbons (Fsp3) is 0.500. The maximum absolute atomic E-state index is 12.2. The zero-order valence-electron chi connectivity index (χ0n) is 12.8. The molecule has 0 bridgehead atoms. The molecule has 0 unspecified atom stereocenters. The van der Waals surface area contributed by atoms with Crippen LogP contribution in [0.4, 0.5) is 0 Å². The van der Waals surface area contributed by atoms with Crippen molar-refractivity contribution in [3.05, 3.63) is 29.8 Å². The number of hydrogen-bond acceptors (Lipinski definition) is 4. The third kappa shape index (κ3) is 3.34. The first-order valence-corrected chi connectivity index (χ1v) is 7.09. The fourth-order valence-corrected chi connectivity index (χ4v) is 2.54. The minimum atomic E-state index is -0.485. The highest BCUT2D eigenvalue weighted by Crippen LogP contribution is 2.21. The second-order valence-electron chi connectivity index (χ2n) is 5.76. The molecule has 5 heteroatoms. The first-order valence-electron chi connectivity index (χ1n) is 7.09. The summed E-state index contributed by atoms with van der Waals surface area (Å²) < 4.78 is 5.69. The van der Waals surface area contributed by atoms with Crippen LogP contribution in [-0.4, -0.2) is 54.5 Å². The van der Waals surface area contributed by atoms with Crippen LogP contribution < -0.4 is 4.74 Å². The van der Waals surface area contributed by atoms with Crippen LogP contribution in [-0.2, 0) is 4.79 Å². The van der Waals surface area contributed by atoms with Crippen LogP contribution in [0.15, 0.2) is 24.3 Å². The number of likely N-dealkylation sites (N-methyl/N-ethyl adjacent to an activating group) is 1. The molecule has 1 fully saturated rings. The number of carbonyl (C=O) groups excluding carboxylic acids is 1. The largest absolute Gasteiger partial charge is 0.492 e. The number of amides is 1. The van der Waals surface area contributed by atoms with Crippen LogP contribution in [0.25, 0.3) is 0 Å². The Labute approximate surface area is 125 Å². The van der Waals surface area contributed by atoms with E-state index in [9.17, 15) is 4.79 Å². The molecule has 5 nitrogen and oxygen atoms in total. The molecule has 21 heavy (non-hydrogen) atoms. The molecule has 0 saturated carbocycles. The van der Waals surface area contributed by atoms with Gasteiger partial charge in [0.1, 0.15) is 12.4 Å². The van der Waals surface area contributed by atoms with Crippen LogP contribution in [0.1, 0.15) is 19.4 Å². The average Bonchev–Trinajstić information content (AvgIpc) is 2.48. The van der Waals surface area contributed by atoms with E-state index < -0.39 is 5.54 Å². The second kappa shape index (κ2) is 6.15. The standard InChI is InChI=1S/C16H21N3O2/c1-16(2)15(20)18(3)8-9-19(16)10-11-21-14-6-4-13(12-17)5-7-14/h4-7H,8-11H2,1-3H3. The van der Waals surface area contributed by atoms with Gasteiger partial charge in [-0.3, -0.25) is 9.69 Å². The molecule has 112 valence electrons. The van der Waals surface area contributed by atoms with E-state index in [2.05, 4.69) is 11.0 Å². The first-order chi connectivity index (χ1) is 9.95. The van der Waals surface area contributed by atoms with Crippen molar-refractivity contribution in [2.45, 2.75) is 19.4 Å². The summed E-state index contributed by atoms with van der Waals surface area (Å²) in [6.45, 7) is 6.73. The van der Waals surface area contributed by atoms with Gasteiger partial charge in [0.15, 0.2) is 0 Å². The summed E-state index contributed by atoms with van der Waals surface area (Å²) in [6.07, 6.45) is 0. The summed E-state index contributed by atoms with van der Waals surface area (Å²) in [4.78, 5) is 16.1. The lowest BCUT2D eigenvalue weighted by Crippen LogP contribution is -2.62. The molecule has 1 heterocycles. The van der Waals surface area contributed by atoms with Crippen LogP contribution in [0.5, 0.6) is 5.75 Å². The Kier molecular flexibility index (Phi) is 4.49. The monoisotopic (exact) mass is 287 g/mol. The van der Waals surface area contributed by atoms with E-state index in [1.165, 1.54) is 0 Å². The molecular weight excluding hydrogens is 266 g/mol. The van der Waals surface area contributed by atoms with Crippen molar-refractivity contribution in [2.75, 3.05) is 33.3 Å². The molecule has 1 aliphatic rings. The van der Waals surface area contributed by atoms with Gasteiger partial charge in [-0.2, -0.15) is 5.26 Å². The first kappa shape index (κ1) is 15.3. The van der Waals surface area contributed by atoms with Crippen LogP contribution in [0.3, 0.4) is 0 Å². The van der Waals surface area contributed by atoms with Gasteiger partial charge in [0.05, 0.1) is 17.2 Å². The predicted octanol–water partition coefficient (Wildman–Crippen LogP) is 1.49. The van der Waals surface area contributed by atoms with Crippen molar-refractivity contribution in [1.82, 2.24) is 9.80 Å². The molecule has 0 N–H and O–H groups in total. The molecular formula is C16H21N3O2. The molecule has 0 aliphatic carbocycles. The summed E-state index contributed by atoms with van der Waals surface area (Å²) in [7, 11) is 1.84. The SMILES string of the molecule is CN1CCN(CCOc2ccc(C#N)cc2)C(C)(C)C1=O. The van der Waals surface area contributed by atoms with Gasteiger partial charge in [-0.1, -0.05) is 0 Å². The topological polar surface area (TPSA) is 56.6 Å². The lowest BCUT2D eigenvalue weighted by molar-refractivity contribution is -0.147. The number of rotatable bonds is 4. The highest BCUT2D eigenvalue weighted by atomic mass is 16.5. The summed E-state index contributed by atoms with van der Waals surface area (Å²) >= 11 is 0. The number of ether oxygens (including phenoxy) is 1. The molecule has 1 saturated heterocycles. The van der Waals surface area contributed by atoms with E-state index in [0.717, 1.165) is 18.8 Å². The lowest BCUT2D eigenvalue weighted by Gasteiger charge is -2.44. The molecule has 0 atom stereocenters. The normalized spacial score (nSPS) is 18.4. The van der Waals surface area contributed by atoms with Crippen molar-refractivity contribution in [3.8, 4) is 11.8 Å². The Balaban J connectivity index is 1.88. The summed E-state index contributed by atoms with van der Waals surface area (Å²) in [6, 6.07) is 9.13. The van der Waals surface area contributed by atoms with Crippen molar-refractivity contribution in [2.24, 2.45) is 0 Å². The maximum atomic E-state index is 12.2. The second-order valence-corrected chi connectivity index (χ2v) is 5.76. The van der Waals surface area contributed by atoms with Crippen molar-refractivity contribution >= 4 is 5.91 Å². The highest BCUT2D eigenvalue weighted by Gasteiger charge is 2.39. The highest BCUT2D eigenvalue weighted by molar-refractivity contribution is 5.86. The molecule has 1 aromatic rings. The van der Waals surface area contributed by atoms with Gasteiger partial charge in [0.25, 0.3) is 0 Å². The van der Waals surface area contributed by atoms with E-state index in [4.69, 9.17) is 10.00 Å². The zero-order chi connectivity index (χ0) is 15.5. The Morgan fingerprint density at radius 2 is 1.95 bits per heavy atom. The van der Waals surface area contributed by atoms with E-state index in [-0.39, 0.29) is 5.91 Å². The van der Waals surface area contributed by atoms with Crippen molar-refractivity contribution in [1.29, 1.82) is 5.26 Å². The van der Waals surface area contributed by atoms with Crippen LogP contribution in [0.2, 0.25) is 0 Å². The van der Waals surface area contributed by atoms with Gasteiger partial charge in [0, 0.05) is 26.7 Å². The molecule has 1 aromatic carbocycles. The Morgan fingerprint density at radius 1 is 1.29 bits per heavy atom. The summed E-state index contributed by atoms with van der Waals surface area (Å²) in [5, 5.41) is 8.75. The lowest BCUT2D eigenvalue weighted by atomic mass is 9.98. The Hall–Kier alpha value is -2.06. The number of carbonyl (C=O) groups is 1. The number of piperazine rings is 1. The number of benzene rings is 1. The van der Waals surface area contributed by atoms with Crippen molar-refractivity contribution in [3.63, 3.8) is 0 Å². The molecule has 0 radical (unpaired) electrons. The summed E-state index contributed by atoms with van der Waals surface area (Å²) in [5.74, 6) is 0.888. The van der Waals surface area contributed by atoms with Crippen LogP contribution in [0, 0.1) is 11.3 Å². The van der Waals surface area contributed by atoms with Crippen LogP contribution >= 0.6 is 0 Å². The number of nitrogens with zero attached hydrogens (tertiary/aromatic N) is 3. The molecule has 1 amide bonds. The molecule has 1 aliphatic heterocycles. The van der Waals surface area contributed by atoms with Gasteiger partial charge in [-0.05, 0) is 38.1 Å². The van der Waals surface area contributed by atoms with Crippen molar-refractivity contribution < 1.29 is 9.53 Å². The maximum Gasteiger partial charge on any atom is 0.242 e. The smallest absolute Gasteiger partial charge is 0.242 e.